The van der Waals surface area contributed by atoms with Crippen LogP contribution in [0.15, 0.2) is 83.5 Å². The fraction of sp³-hybridized carbons (Fsp3) is 0.292. The van der Waals surface area contributed by atoms with Crippen LogP contribution in [0.5, 0.6) is 0 Å². The third kappa shape index (κ3) is 5.10. The average molecular weight is 361 g/mol. The fourth-order valence-corrected chi connectivity index (χ4v) is 3.27. The van der Waals surface area contributed by atoms with Crippen molar-refractivity contribution >= 4 is 5.91 Å². The number of carbonyl (C=O) groups excluding carboxylic acids is 1. The first-order chi connectivity index (χ1) is 12.9. The zero-order valence-corrected chi connectivity index (χ0v) is 16.3. The number of nitrogens with zero attached hydrogens (tertiary/aromatic N) is 1. The van der Waals surface area contributed by atoms with Gasteiger partial charge in [0.1, 0.15) is 5.76 Å². The Hall–Kier alpha value is -2.81. The molecule has 1 amide bonds. The lowest BCUT2D eigenvalue weighted by Gasteiger charge is -2.34. The molecule has 2 aromatic carbocycles. The quantitative estimate of drug-likeness (QED) is 0.553. The number of hydrogen-bond donors (Lipinski definition) is 0. The third-order valence-corrected chi connectivity index (χ3v) is 4.45. The zero-order valence-electron chi connectivity index (χ0n) is 16.3. The second-order valence-electron chi connectivity index (χ2n) is 8.06. The number of amides is 1. The summed E-state index contributed by atoms with van der Waals surface area (Å²) in [5.74, 6) is 0.908. The van der Waals surface area contributed by atoms with Crippen LogP contribution in [0, 0.1) is 5.41 Å². The van der Waals surface area contributed by atoms with Crippen LogP contribution in [-0.4, -0.2) is 10.8 Å². The van der Waals surface area contributed by atoms with Crippen LogP contribution in [0.25, 0.3) is 0 Å². The van der Waals surface area contributed by atoms with Gasteiger partial charge in [-0.2, -0.15) is 0 Å². The second-order valence-corrected chi connectivity index (χ2v) is 8.06. The number of benzene rings is 2. The van der Waals surface area contributed by atoms with Crippen molar-refractivity contribution in [1.82, 2.24) is 4.90 Å². The Bertz CT molecular complexity index is 794. The predicted molar refractivity (Wildman–Crippen MR) is 108 cm³/mol. The molecule has 27 heavy (non-hydrogen) atoms. The molecule has 3 heteroatoms. The van der Waals surface area contributed by atoms with E-state index in [9.17, 15) is 4.79 Å². The van der Waals surface area contributed by atoms with E-state index in [2.05, 4.69) is 45.0 Å². The normalized spacial score (nSPS) is 11.6. The maximum absolute atomic E-state index is 13.4. The van der Waals surface area contributed by atoms with Crippen LogP contribution in [0.1, 0.15) is 50.1 Å². The van der Waals surface area contributed by atoms with Crippen LogP contribution in [-0.2, 0) is 11.3 Å². The SMILES string of the molecule is CC(C)(C)CC(=O)N(Cc1ccco1)C(c1ccccc1)c1ccccc1. The Morgan fingerprint density at radius 2 is 1.44 bits per heavy atom. The Labute approximate surface area is 161 Å². The number of carbonyl (C=O) groups is 1. The summed E-state index contributed by atoms with van der Waals surface area (Å²) >= 11 is 0. The summed E-state index contributed by atoms with van der Waals surface area (Å²) in [6.45, 7) is 6.72. The molecule has 3 aromatic rings. The molecule has 0 aliphatic carbocycles. The van der Waals surface area contributed by atoms with Crippen molar-refractivity contribution in [2.24, 2.45) is 5.41 Å². The molecule has 1 heterocycles. The number of rotatable bonds is 6. The van der Waals surface area contributed by atoms with Gasteiger partial charge in [-0.15, -0.1) is 0 Å². The lowest BCUT2D eigenvalue weighted by atomic mass is 9.90. The highest BCUT2D eigenvalue weighted by Gasteiger charge is 2.30. The monoisotopic (exact) mass is 361 g/mol. The van der Waals surface area contributed by atoms with E-state index in [0.29, 0.717) is 13.0 Å². The first-order valence-corrected chi connectivity index (χ1v) is 9.36. The van der Waals surface area contributed by atoms with Crippen molar-refractivity contribution in [3.63, 3.8) is 0 Å². The van der Waals surface area contributed by atoms with Crippen molar-refractivity contribution in [2.75, 3.05) is 0 Å². The maximum atomic E-state index is 13.4. The summed E-state index contributed by atoms with van der Waals surface area (Å²) in [6.07, 6.45) is 2.13. The summed E-state index contributed by atoms with van der Waals surface area (Å²) in [5.41, 5.74) is 2.10. The van der Waals surface area contributed by atoms with E-state index in [4.69, 9.17) is 4.42 Å². The Morgan fingerprint density at radius 1 is 0.889 bits per heavy atom. The van der Waals surface area contributed by atoms with Crippen molar-refractivity contribution in [3.05, 3.63) is 95.9 Å². The Balaban J connectivity index is 2.05. The molecule has 0 unspecified atom stereocenters. The molecule has 0 aliphatic heterocycles. The summed E-state index contributed by atoms with van der Waals surface area (Å²) in [5, 5.41) is 0. The molecule has 0 aliphatic rings. The van der Waals surface area contributed by atoms with E-state index in [1.165, 1.54) is 0 Å². The van der Waals surface area contributed by atoms with Gasteiger partial charge in [0.15, 0.2) is 0 Å². The minimum absolute atomic E-state index is 0.0869. The lowest BCUT2D eigenvalue weighted by Crippen LogP contribution is -2.37. The standard InChI is InChI=1S/C24H27NO2/c1-24(2,3)17-22(26)25(18-21-15-10-16-27-21)23(19-11-6-4-7-12-19)20-13-8-5-9-14-20/h4-16,23H,17-18H2,1-3H3. The van der Waals surface area contributed by atoms with Gasteiger partial charge in [-0.3, -0.25) is 4.79 Å². The first kappa shape index (κ1) is 19.0. The van der Waals surface area contributed by atoms with E-state index >= 15 is 0 Å². The molecule has 3 rings (SSSR count). The van der Waals surface area contributed by atoms with Crippen LogP contribution in [0.2, 0.25) is 0 Å². The molecule has 0 spiro atoms. The minimum atomic E-state index is -0.160. The van der Waals surface area contributed by atoms with Gasteiger partial charge >= 0.3 is 0 Å². The highest BCUT2D eigenvalue weighted by molar-refractivity contribution is 5.78. The molecule has 0 radical (unpaired) electrons. The summed E-state index contributed by atoms with van der Waals surface area (Å²) in [6, 6.07) is 24.0. The van der Waals surface area contributed by atoms with Crippen molar-refractivity contribution in [1.29, 1.82) is 0 Å². The maximum Gasteiger partial charge on any atom is 0.224 e. The molecule has 1 aromatic heterocycles. The highest BCUT2D eigenvalue weighted by atomic mass is 16.3. The van der Waals surface area contributed by atoms with Crippen LogP contribution in [0.4, 0.5) is 0 Å². The molecule has 3 nitrogen and oxygen atoms in total. The van der Waals surface area contributed by atoms with Gasteiger partial charge in [-0.25, -0.2) is 0 Å². The van der Waals surface area contributed by atoms with E-state index in [0.717, 1.165) is 16.9 Å². The molecule has 0 fully saturated rings. The van der Waals surface area contributed by atoms with Crippen molar-refractivity contribution in [2.45, 2.75) is 39.8 Å². The topological polar surface area (TPSA) is 33.5 Å². The Kier molecular flexibility index (Phi) is 5.80. The van der Waals surface area contributed by atoms with Crippen molar-refractivity contribution in [3.8, 4) is 0 Å². The van der Waals surface area contributed by atoms with Crippen LogP contribution in [0.3, 0.4) is 0 Å². The van der Waals surface area contributed by atoms with Crippen molar-refractivity contribution < 1.29 is 9.21 Å². The van der Waals surface area contributed by atoms with Gasteiger partial charge in [-0.1, -0.05) is 81.4 Å². The van der Waals surface area contributed by atoms with Gasteiger partial charge in [0.25, 0.3) is 0 Å². The largest absolute Gasteiger partial charge is 0.467 e. The molecule has 0 N–H and O–H groups in total. The average Bonchev–Trinajstić information content (AvgIpc) is 3.15. The first-order valence-electron chi connectivity index (χ1n) is 9.36. The molecular formula is C24H27NO2. The van der Waals surface area contributed by atoms with Gasteiger partial charge < -0.3 is 9.32 Å². The summed E-state index contributed by atoms with van der Waals surface area (Å²) in [7, 11) is 0. The van der Waals surface area contributed by atoms with Gasteiger partial charge in [0, 0.05) is 6.42 Å². The van der Waals surface area contributed by atoms with Crippen LogP contribution < -0.4 is 0 Å². The summed E-state index contributed by atoms with van der Waals surface area (Å²) in [4.78, 5) is 15.3. The van der Waals surface area contributed by atoms with E-state index < -0.39 is 0 Å². The molecule has 0 atom stereocenters. The molecule has 0 saturated heterocycles. The third-order valence-electron chi connectivity index (χ3n) is 4.45. The smallest absolute Gasteiger partial charge is 0.224 e. The van der Waals surface area contributed by atoms with Gasteiger partial charge in [0.05, 0.1) is 18.8 Å². The Morgan fingerprint density at radius 3 is 1.89 bits per heavy atom. The number of hydrogen-bond acceptors (Lipinski definition) is 2. The molecular weight excluding hydrogens is 334 g/mol. The van der Waals surface area contributed by atoms with Gasteiger partial charge in [-0.05, 0) is 28.7 Å². The summed E-state index contributed by atoms with van der Waals surface area (Å²) < 4.78 is 5.57. The van der Waals surface area contributed by atoms with E-state index in [-0.39, 0.29) is 17.4 Å². The molecule has 0 saturated carbocycles. The minimum Gasteiger partial charge on any atom is -0.467 e. The molecule has 140 valence electrons. The van der Waals surface area contributed by atoms with E-state index in [1.807, 2.05) is 53.4 Å². The number of furan rings is 1. The zero-order chi connectivity index (χ0) is 19.3. The van der Waals surface area contributed by atoms with E-state index in [1.54, 1.807) is 6.26 Å². The fourth-order valence-electron chi connectivity index (χ4n) is 3.27. The molecule has 0 bridgehead atoms. The van der Waals surface area contributed by atoms with Crippen LogP contribution >= 0.6 is 0 Å². The second kappa shape index (κ2) is 8.26. The van der Waals surface area contributed by atoms with Gasteiger partial charge in [0.2, 0.25) is 5.91 Å². The predicted octanol–water partition coefficient (Wildman–Crippen LogP) is 5.83. The highest BCUT2D eigenvalue weighted by Crippen LogP contribution is 2.32. The lowest BCUT2D eigenvalue weighted by molar-refractivity contribution is -0.135.